The van der Waals surface area contributed by atoms with E-state index in [4.69, 9.17) is 15.9 Å². The fraction of sp³-hybridized carbons (Fsp3) is 0.857. The fourth-order valence-electron chi connectivity index (χ4n) is 1.36. The number of hydrogen-bond acceptors (Lipinski definition) is 3. The highest BCUT2D eigenvalue weighted by molar-refractivity contribution is 5.76. The molecule has 0 unspecified atom stereocenters. The molecule has 1 saturated carbocycles. The van der Waals surface area contributed by atoms with Gasteiger partial charge in [-0.1, -0.05) is 0 Å². The van der Waals surface area contributed by atoms with Crippen molar-refractivity contribution in [2.45, 2.75) is 31.5 Å². The monoisotopic (exact) mass is 159 g/mol. The average Bonchev–Trinajstić information content (AvgIpc) is 1.86. The van der Waals surface area contributed by atoms with Crippen LogP contribution in [0.25, 0.3) is 0 Å². The Hall–Kier alpha value is -0.610. The molecule has 64 valence electrons. The molecule has 0 bridgehead atoms. The van der Waals surface area contributed by atoms with Gasteiger partial charge >= 0.3 is 0 Å². The molecule has 1 aliphatic carbocycles. The van der Waals surface area contributed by atoms with E-state index < -0.39 is 5.79 Å². The molecule has 0 heterocycles. The van der Waals surface area contributed by atoms with E-state index in [0.717, 1.165) is 0 Å². The van der Waals surface area contributed by atoms with Crippen LogP contribution >= 0.6 is 0 Å². The van der Waals surface area contributed by atoms with Crippen molar-refractivity contribution >= 4 is 5.91 Å². The van der Waals surface area contributed by atoms with E-state index >= 15 is 0 Å². The molecule has 0 spiro atoms. The zero-order valence-corrected chi connectivity index (χ0v) is 6.29. The van der Waals surface area contributed by atoms with Gasteiger partial charge in [-0.05, 0) is 12.8 Å². The molecular formula is C7H13NO3. The summed E-state index contributed by atoms with van der Waals surface area (Å²) in [5, 5.41) is 18.2. The number of hydrogen-bond donors (Lipinski definition) is 3. The lowest BCUT2D eigenvalue weighted by atomic mass is 9.85. The van der Waals surface area contributed by atoms with Crippen LogP contribution in [0.15, 0.2) is 0 Å². The summed E-state index contributed by atoms with van der Waals surface area (Å²) in [6.07, 6.45) is 1.48. The first kappa shape index (κ1) is 8.49. The van der Waals surface area contributed by atoms with Crippen LogP contribution in [0.5, 0.6) is 0 Å². The summed E-state index contributed by atoms with van der Waals surface area (Å²) in [6, 6.07) is 0. The molecule has 1 amide bonds. The highest BCUT2D eigenvalue weighted by Crippen LogP contribution is 2.29. The molecular weight excluding hydrogens is 146 g/mol. The van der Waals surface area contributed by atoms with Crippen LogP contribution in [0.2, 0.25) is 0 Å². The van der Waals surface area contributed by atoms with Gasteiger partial charge in [0.15, 0.2) is 5.79 Å². The van der Waals surface area contributed by atoms with Gasteiger partial charge in [0.25, 0.3) is 0 Å². The molecule has 0 aromatic heterocycles. The normalized spacial score (nSPS) is 24.9. The Kier molecular flexibility index (Phi) is 2.15. The van der Waals surface area contributed by atoms with Crippen molar-refractivity contribution in [1.82, 2.24) is 0 Å². The Morgan fingerprint density at radius 2 is 1.82 bits per heavy atom. The number of carbonyl (C=O) groups excluding carboxylic acids is 1. The SMILES string of the molecule is NC(=O)C1CCC(O)(O)CC1. The number of rotatable bonds is 1. The zero-order chi connectivity index (χ0) is 8.48. The maximum absolute atomic E-state index is 10.6. The minimum absolute atomic E-state index is 0.164. The number of nitrogens with two attached hydrogens (primary N) is 1. The zero-order valence-electron chi connectivity index (χ0n) is 6.29. The van der Waals surface area contributed by atoms with Gasteiger partial charge in [-0.3, -0.25) is 4.79 Å². The number of aliphatic hydroxyl groups is 2. The van der Waals surface area contributed by atoms with Gasteiger partial charge in [-0.15, -0.1) is 0 Å². The maximum atomic E-state index is 10.6. The lowest BCUT2D eigenvalue weighted by Crippen LogP contribution is -2.37. The number of amides is 1. The van der Waals surface area contributed by atoms with Gasteiger partial charge in [0.1, 0.15) is 0 Å². The van der Waals surface area contributed by atoms with Crippen molar-refractivity contribution in [3.05, 3.63) is 0 Å². The lowest BCUT2D eigenvalue weighted by molar-refractivity contribution is -0.186. The first-order valence-corrected chi connectivity index (χ1v) is 3.75. The summed E-state index contributed by atoms with van der Waals surface area (Å²) in [4.78, 5) is 10.6. The van der Waals surface area contributed by atoms with Crippen molar-refractivity contribution < 1.29 is 15.0 Å². The smallest absolute Gasteiger partial charge is 0.220 e. The Morgan fingerprint density at radius 1 is 1.36 bits per heavy atom. The third-order valence-corrected chi connectivity index (χ3v) is 2.19. The van der Waals surface area contributed by atoms with E-state index in [1.54, 1.807) is 0 Å². The Balaban J connectivity index is 2.42. The van der Waals surface area contributed by atoms with Gasteiger partial charge < -0.3 is 15.9 Å². The first-order chi connectivity index (χ1) is 5.01. The molecule has 0 saturated heterocycles. The summed E-state index contributed by atoms with van der Waals surface area (Å²) in [5.74, 6) is -2.06. The van der Waals surface area contributed by atoms with Crippen LogP contribution in [0.3, 0.4) is 0 Å². The second-order valence-electron chi connectivity index (χ2n) is 3.16. The molecule has 1 fully saturated rings. The molecule has 4 heteroatoms. The van der Waals surface area contributed by atoms with E-state index in [1.807, 2.05) is 0 Å². The summed E-state index contributed by atoms with van der Waals surface area (Å²) < 4.78 is 0. The summed E-state index contributed by atoms with van der Waals surface area (Å²) in [6.45, 7) is 0. The van der Waals surface area contributed by atoms with E-state index in [0.29, 0.717) is 12.8 Å². The minimum atomic E-state index is -1.56. The van der Waals surface area contributed by atoms with Gasteiger partial charge in [-0.25, -0.2) is 0 Å². The third-order valence-electron chi connectivity index (χ3n) is 2.19. The molecule has 0 aliphatic heterocycles. The molecule has 0 aromatic rings. The second-order valence-corrected chi connectivity index (χ2v) is 3.16. The van der Waals surface area contributed by atoms with Crippen LogP contribution in [-0.2, 0) is 4.79 Å². The van der Waals surface area contributed by atoms with E-state index in [9.17, 15) is 4.79 Å². The Bertz CT molecular complexity index is 157. The predicted octanol–water partition coefficient (Wildman–Crippen LogP) is -0.657. The van der Waals surface area contributed by atoms with Gasteiger partial charge in [0.05, 0.1) is 0 Å². The fourth-order valence-corrected chi connectivity index (χ4v) is 1.36. The van der Waals surface area contributed by atoms with Crippen LogP contribution in [-0.4, -0.2) is 21.9 Å². The van der Waals surface area contributed by atoms with Crippen LogP contribution in [0, 0.1) is 5.92 Å². The molecule has 0 aromatic carbocycles. The van der Waals surface area contributed by atoms with Crippen molar-refractivity contribution in [3.8, 4) is 0 Å². The maximum Gasteiger partial charge on any atom is 0.220 e. The second kappa shape index (κ2) is 2.79. The van der Waals surface area contributed by atoms with E-state index in [-0.39, 0.29) is 24.7 Å². The Labute approximate surface area is 65.0 Å². The molecule has 1 rings (SSSR count). The molecule has 11 heavy (non-hydrogen) atoms. The highest BCUT2D eigenvalue weighted by Gasteiger charge is 2.32. The van der Waals surface area contributed by atoms with E-state index in [1.165, 1.54) is 0 Å². The molecule has 4 N–H and O–H groups in total. The topological polar surface area (TPSA) is 83.6 Å². The largest absolute Gasteiger partial charge is 0.369 e. The summed E-state index contributed by atoms with van der Waals surface area (Å²) in [7, 11) is 0. The number of primary amides is 1. The molecule has 0 radical (unpaired) electrons. The number of carbonyl (C=O) groups is 1. The summed E-state index contributed by atoms with van der Waals surface area (Å²) in [5.41, 5.74) is 5.05. The third kappa shape index (κ3) is 2.17. The van der Waals surface area contributed by atoms with Crippen LogP contribution in [0.4, 0.5) is 0 Å². The Morgan fingerprint density at radius 3 is 2.18 bits per heavy atom. The molecule has 4 nitrogen and oxygen atoms in total. The van der Waals surface area contributed by atoms with Crippen LogP contribution < -0.4 is 5.73 Å². The molecule has 0 atom stereocenters. The average molecular weight is 159 g/mol. The van der Waals surface area contributed by atoms with Gasteiger partial charge in [0, 0.05) is 18.8 Å². The van der Waals surface area contributed by atoms with Gasteiger partial charge in [-0.2, -0.15) is 0 Å². The summed E-state index contributed by atoms with van der Waals surface area (Å²) >= 11 is 0. The first-order valence-electron chi connectivity index (χ1n) is 3.75. The standard InChI is InChI=1S/C7H13NO3/c8-6(9)5-1-3-7(10,11)4-2-5/h5,10-11H,1-4H2,(H2,8,9). The van der Waals surface area contributed by atoms with E-state index in [2.05, 4.69) is 0 Å². The molecule has 1 aliphatic rings. The predicted molar refractivity (Wildman–Crippen MR) is 38.3 cm³/mol. The van der Waals surface area contributed by atoms with Crippen molar-refractivity contribution in [1.29, 1.82) is 0 Å². The van der Waals surface area contributed by atoms with Gasteiger partial charge in [0.2, 0.25) is 5.91 Å². The minimum Gasteiger partial charge on any atom is -0.369 e. The van der Waals surface area contributed by atoms with Crippen molar-refractivity contribution in [2.75, 3.05) is 0 Å². The van der Waals surface area contributed by atoms with Crippen molar-refractivity contribution in [3.63, 3.8) is 0 Å². The van der Waals surface area contributed by atoms with Crippen molar-refractivity contribution in [2.24, 2.45) is 11.7 Å². The lowest BCUT2D eigenvalue weighted by Gasteiger charge is -2.29. The highest BCUT2D eigenvalue weighted by atomic mass is 16.5. The van der Waals surface area contributed by atoms with Crippen LogP contribution in [0.1, 0.15) is 25.7 Å². The quantitative estimate of drug-likeness (QED) is 0.444.